The van der Waals surface area contributed by atoms with Crippen LogP contribution < -0.4 is 10.6 Å². The van der Waals surface area contributed by atoms with E-state index in [1.54, 1.807) is 0 Å². The van der Waals surface area contributed by atoms with Gasteiger partial charge >= 0.3 is 12.1 Å². The summed E-state index contributed by atoms with van der Waals surface area (Å²) in [6.07, 6.45) is 1.58. The van der Waals surface area contributed by atoms with E-state index >= 15 is 0 Å². The summed E-state index contributed by atoms with van der Waals surface area (Å²) in [7, 11) is 0. The molecule has 2 aliphatic carbocycles. The molecule has 8 heteroatoms. The van der Waals surface area contributed by atoms with E-state index in [4.69, 9.17) is 14.9 Å². The summed E-state index contributed by atoms with van der Waals surface area (Å²) in [5.41, 5.74) is 4.40. The lowest BCUT2D eigenvalue weighted by Gasteiger charge is -2.21. The number of fused-ring (bicyclic) bond motifs is 3. The van der Waals surface area contributed by atoms with Crippen molar-refractivity contribution in [2.24, 2.45) is 5.92 Å². The number of carboxylic acids is 1. The van der Waals surface area contributed by atoms with Gasteiger partial charge in [0.25, 0.3) is 0 Å². The van der Waals surface area contributed by atoms with Crippen molar-refractivity contribution in [3.05, 3.63) is 59.7 Å². The van der Waals surface area contributed by atoms with Crippen LogP contribution in [0.5, 0.6) is 0 Å². The van der Waals surface area contributed by atoms with Crippen molar-refractivity contribution in [2.45, 2.75) is 37.3 Å². The molecule has 2 aromatic carbocycles. The van der Waals surface area contributed by atoms with Crippen molar-refractivity contribution >= 4 is 18.0 Å². The highest BCUT2D eigenvalue weighted by molar-refractivity contribution is 5.89. The zero-order valence-corrected chi connectivity index (χ0v) is 17.5. The summed E-state index contributed by atoms with van der Waals surface area (Å²) in [4.78, 5) is 36.2. The molecule has 2 aliphatic rings. The number of carbonyl (C=O) groups excluding carboxylic acids is 2. The number of benzene rings is 2. The average molecular weight is 438 g/mol. The second-order valence-electron chi connectivity index (χ2n) is 8.28. The van der Waals surface area contributed by atoms with Crippen LogP contribution in [0, 0.1) is 5.92 Å². The van der Waals surface area contributed by atoms with Gasteiger partial charge in [0, 0.05) is 5.92 Å². The molecule has 2 amide bonds. The van der Waals surface area contributed by atoms with Gasteiger partial charge in [0.2, 0.25) is 5.91 Å². The second-order valence-corrected chi connectivity index (χ2v) is 8.28. The molecule has 0 heterocycles. The van der Waals surface area contributed by atoms with Crippen LogP contribution in [-0.4, -0.2) is 53.5 Å². The first-order valence-corrected chi connectivity index (χ1v) is 10.7. The van der Waals surface area contributed by atoms with E-state index < -0.39 is 36.7 Å². The SMILES string of the molecule is O=C(N[C@@H](CC1CC1)C(=O)NC(CO)C(=O)O)OCC1c2ccccc2-c2ccccc21. The molecule has 0 saturated heterocycles. The summed E-state index contributed by atoms with van der Waals surface area (Å²) in [5, 5.41) is 23.1. The first kappa shape index (κ1) is 21.8. The van der Waals surface area contributed by atoms with Gasteiger partial charge in [-0.25, -0.2) is 9.59 Å². The van der Waals surface area contributed by atoms with Gasteiger partial charge in [0.1, 0.15) is 18.7 Å². The minimum absolute atomic E-state index is 0.102. The minimum atomic E-state index is -1.42. The van der Waals surface area contributed by atoms with Gasteiger partial charge < -0.3 is 25.6 Å². The fourth-order valence-electron chi connectivity index (χ4n) is 4.16. The van der Waals surface area contributed by atoms with Crippen LogP contribution in [0.3, 0.4) is 0 Å². The second kappa shape index (κ2) is 9.40. The van der Waals surface area contributed by atoms with Crippen molar-refractivity contribution < 1.29 is 29.3 Å². The first-order valence-electron chi connectivity index (χ1n) is 10.7. The standard InChI is InChI=1S/C24H26N2O6/c27-12-21(23(29)30)25-22(28)20(11-14-9-10-14)26-24(31)32-13-19-17-7-3-1-5-15(17)16-6-2-4-8-18(16)19/h1-8,14,19-21,27H,9-13H2,(H,25,28)(H,26,31)(H,29,30)/t20-,21?/m0/s1. The molecule has 2 atom stereocenters. The van der Waals surface area contributed by atoms with Gasteiger partial charge in [0.05, 0.1) is 6.61 Å². The molecule has 168 valence electrons. The Bertz CT molecular complexity index is 974. The van der Waals surface area contributed by atoms with Gasteiger partial charge in [-0.2, -0.15) is 0 Å². The van der Waals surface area contributed by atoms with E-state index in [1.807, 2.05) is 48.5 Å². The lowest BCUT2D eigenvalue weighted by molar-refractivity contribution is -0.143. The predicted molar refractivity (Wildman–Crippen MR) is 116 cm³/mol. The third kappa shape index (κ3) is 4.75. The molecule has 32 heavy (non-hydrogen) atoms. The number of rotatable bonds is 9. The maximum absolute atomic E-state index is 12.6. The largest absolute Gasteiger partial charge is 0.480 e. The highest BCUT2D eigenvalue weighted by Gasteiger charge is 2.33. The number of alkyl carbamates (subject to hydrolysis) is 1. The lowest BCUT2D eigenvalue weighted by atomic mass is 9.98. The van der Waals surface area contributed by atoms with E-state index in [9.17, 15) is 14.4 Å². The number of carbonyl (C=O) groups is 3. The maximum atomic E-state index is 12.6. The molecule has 8 nitrogen and oxygen atoms in total. The number of amides is 2. The van der Waals surface area contributed by atoms with E-state index in [1.165, 1.54) is 0 Å². The molecular weight excluding hydrogens is 412 g/mol. The van der Waals surface area contributed by atoms with Crippen LogP contribution >= 0.6 is 0 Å². The number of aliphatic carboxylic acids is 1. The van der Waals surface area contributed by atoms with Gasteiger partial charge in [-0.15, -0.1) is 0 Å². The number of aliphatic hydroxyl groups excluding tert-OH is 1. The molecular formula is C24H26N2O6. The molecule has 0 bridgehead atoms. The molecule has 0 aromatic heterocycles. The number of hydrogen-bond donors (Lipinski definition) is 4. The summed E-state index contributed by atoms with van der Waals surface area (Å²) < 4.78 is 5.51. The van der Waals surface area contributed by atoms with Crippen LogP contribution in [0.25, 0.3) is 11.1 Å². The number of ether oxygens (including phenoxy) is 1. The normalized spacial score (nSPS) is 16.4. The Hall–Kier alpha value is -3.39. The van der Waals surface area contributed by atoms with Crippen LogP contribution in [0.15, 0.2) is 48.5 Å². The van der Waals surface area contributed by atoms with Crippen LogP contribution in [0.1, 0.15) is 36.3 Å². The molecule has 4 N–H and O–H groups in total. The van der Waals surface area contributed by atoms with Crippen molar-refractivity contribution in [1.29, 1.82) is 0 Å². The number of nitrogens with one attached hydrogen (secondary N) is 2. The molecule has 4 rings (SSSR count). The van der Waals surface area contributed by atoms with Crippen molar-refractivity contribution in [3.63, 3.8) is 0 Å². The number of aliphatic hydroxyl groups is 1. The fraction of sp³-hybridized carbons (Fsp3) is 0.375. The van der Waals surface area contributed by atoms with E-state index in [-0.39, 0.29) is 12.5 Å². The quantitative estimate of drug-likeness (QED) is 0.476. The summed E-state index contributed by atoms with van der Waals surface area (Å²) in [6.45, 7) is -0.617. The Labute approximate surface area is 185 Å². The molecule has 0 radical (unpaired) electrons. The molecule has 0 aliphatic heterocycles. The first-order chi connectivity index (χ1) is 15.5. The molecule has 1 fully saturated rings. The Kier molecular flexibility index (Phi) is 6.41. The van der Waals surface area contributed by atoms with Crippen molar-refractivity contribution in [3.8, 4) is 11.1 Å². The zero-order chi connectivity index (χ0) is 22.7. The Balaban J connectivity index is 1.40. The Morgan fingerprint density at radius 2 is 1.53 bits per heavy atom. The van der Waals surface area contributed by atoms with Gasteiger partial charge in [-0.05, 0) is 34.6 Å². The monoisotopic (exact) mass is 438 g/mol. The van der Waals surface area contributed by atoms with E-state index in [2.05, 4.69) is 10.6 Å². The topological polar surface area (TPSA) is 125 Å². The highest BCUT2D eigenvalue weighted by Crippen LogP contribution is 2.44. The smallest absolute Gasteiger partial charge is 0.407 e. The van der Waals surface area contributed by atoms with Gasteiger partial charge in [0.15, 0.2) is 0 Å². The molecule has 2 aromatic rings. The van der Waals surface area contributed by atoms with E-state index in [0.717, 1.165) is 35.1 Å². The van der Waals surface area contributed by atoms with Crippen LogP contribution in [-0.2, 0) is 14.3 Å². The molecule has 1 unspecified atom stereocenters. The third-order valence-corrected chi connectivity index (χ3v) is 6.02. The van der Waals surface area contributed by atoms with Crippen molar-refractivity contribution in [2.75, 3.05) is 13.2 Å². The predicted octanol–water partition coefficient (Wildman–Crippen LogP) is 2.26. The van der Waals surface area contributed by atoms with Gasteiger partial charge in [-0.1, -0.05) is 61.4 Å². The zero-order valence-electron chi connectivity index (χ0n) is 17.5. The molecule has 1 saturated carbocycles. The van der Waals surface area contributed by atoms with Crippen LogP contribution in [0.4, 0.5) is 4.79 Å². The summed E-state index contributed by atoms with van der Waals surface area (Å²) in [5.74, 6) is -1.79. The lowest BCUT2D eigenvalue weighted by Crippen LogP contribution is -2.53. The highest BCUT2D eigenvalue weighted by atomic mass is 16.5. The summed E-state index contributed by atoms with van der Waals surface area (Å²) >= 11 is 0. The minimum Gasteiger partial charge on any atom is -0.480 e. The maximum Gasteiger partial charge on any atom is 0.407 e. The molecule has 0 spiro atoms. The van der Waals surface area contributed by atoms with Crippen molar-refractivity contribution in [1.82, 2.24) is 10.6 Å². The number of hydrogen-bond acceptors (Lipinski definition) is 5. The Morgan fingerprint density at radius 1 is 0.938 bits per heavy atom. The Morgan fingerprint density at radius 3 is 2.06 bits per heavy atom. The van der Waals surface area contributed by atoms with Crippen LogP contribution in [0.2, 0.25) is 0 Å². The summed E-state index contributed by atoms with van der Waals surface area (Å²) in [6, 6.07) is 13.6. The average Bonchev–Trinajstić information content (AvgIpc) is 3.55. The number of carboxylic acid groups (broad SMARTS) is 1. The fourth-order valence-corrected chi connectivity index (χ4v) is 4.16. The van der Waals surface area contributed by atoms with Gasteiger partial charge in [-0.3, -0.25) is 4.79 Å². The third-order valence-electron chi connectivity index (χ3n) is 6.02. The van der Waals surface area contributed by atoms with E-state index in [0.29, 0.717) is 12.3 Å².